The molecule has 0 aliphatic carbocycles. The van der Waals surface area contributed by atoms with Crippen molar-refractivity contribution in [3.8, 4) is 0 Å². The van der Waals surface area contributed by atoms with Crippen molar-refractivity contribution in [3.05, 3.63) is 15.6 Å². The zero-order valence-electron chi connectivity index (χ0n) is 7.55. The molecule has 0 radical (unpaired) electrons. The molecule has 0 saturated carbocycles. The van der Waals surface area contributed by atoms with Crippen molar-refractivity contribution >= 4 is 11.3 Å². The van der Waals surface area contributed by atoms with Gasteiger partial charge in [-0.3, -0.25) is 0 Å². The maximum Gasteiger partial charge on any atom is 0.107 e. The van der Waals surface area contributed by atoms with E-state index in [1.807, 2.05) is 0 Å². The van der Waals surface area contributed by atoms with Crippen molar-refractivity contribution in [1.29, 1.82) is 0 Å². The molecule has 0 aromatic carbocycles. The fraction of sp³-hybridized carbons (Fsp3) is 0.625. The normalized spacial score (nSPS) is 10.6. The van der Waals surface area contributed by atoms with E-state index < -0.39 is 0 Å². The van der Waals surface area contributed by atoms with E-state index in [0.29, 0.717) is 6.54 Å². The third-order valence-corrected chi connectivity index (χ3v) is 2.69. The highest BCUT2D eigenvalue weighted by atomic mass is 32.1. The second-order valence-electron chi connectivity index (χ2n) is 2.59. The lowest BCUT2D eigenvalue weighted by molar-refractivity contribution is 0.708. The lowest BCUT2D eigenvalue weighted by Crippen LogP contribution is -2.12. The van der Waals surface area contributed by atoms with Crippen LogP contribution in [0.5, 0.6) is 0 Å². The van der Waals surface area contributed by atoms with Gasteiger partial charge in [-0.25, -0.2) is 4.98 Å². The number of hydrogen-bond donors (Lipinski definition) is 2. The van der Waals surface area contributed by atoms with Gasteiger partial charge in [0.2, 0.25) is 0 Å². The molecule has 1 aromatic heterocycles. The number of aromatic nitrogens is 1. The summed E-state index contributed by atoms with van der Waals surface area (Å²) in [6.07, 6.45) is 0. The van der Waals surface area contributed by atoms with E-state index in [1.165, 1.54) is 4.88 Å². The summed E-state index contributed by atoms with van der Waals surface area (Å²) >= 11 is 1.69. The SMILES string of the molecule is CCNCc1nc(CN)sc1C. The van der Waals surface area contributed by atoms with Crippen molar-refractivity contribution in [2.24, 2.45) is 5.73 Å². The van der Waals surface area contributed by atoms with Crippen LogP contribution in [0.25, 0.3) is 0 Å². The second kappa shape index (κ2) is 4.54. The molecule has 3 nitrogen and oxygen atoms in total. The van der Waals surface area contributed by atoms with E-state index >= 15 is 0 Å². The summed E-state index contributed by atoms with van der Waals surface area (Å²) in [5, 5.41) is 4.27. The number of nitrogens with zero attached hydrogens (tertiary/aromatic N) is 1. The maximum atomic E-state index is 5.49. The molecule has 1 aromatic rings. The highest BCUT2D eigenvalue weighted by Crippen LogP contribution is 2.16. The predicted octanol–water partition coefficient (Wildman–Crippen LogP) is 1.02. The third kappa shape index (κ3) is 2.27. The Morgan fingerprint density at radius 3 is 2.83 bits per heavy atom. The molecular weight excluding hydrogens is 170 g/mol. The van der Waals surface area contributed by atoms with Crippen molar-refractivity contribution in [2.75, 3.05) is 6.54 Å². The fourth-order valence-electron chi connectivity index (χ4n) is 0.982. The molecule has 1 heterocycles. The zero-order valence-corrected chi connectivity index (χ0v) is 8.37. The van der Waals surface area contributed by atoms with Crippen LogP contribution >= 0.6 is 11.3 Å². The molecule has 0 aliphatic heterocycles. The van der Waals surface area contributed by atoms with Gasteiger partial charge in [-0.15, -0.1) is 11.3 Å². The van der Waals surface area contributed by atoms with Crippen molar-refractivity contribution in [1.82, 2.24) is 10.3 Å². The predicted molar refractivity (Wildman–Crippen MR) is 52.1 cm³/mol. The first kappa shape index (κ1) is 9.64. The largest absolute Gasteiger partial charge is 0.325 e. The number of nitrogens with two attached hydrogens (primary N) is 1. The minimum atomic E-state index is 0.553. The van der Waals surface area contributed by atoms with Crippen LogP contribution in [0.2, 0.25) is 0 Å². The van der Waals surface area contributed by atoms with Gasteiger partial charge in [0.15, 0.2) is 0 Å². The zero-order chi connectivity index (χ0) is 8.97. The van der Waals surface area contributed by atoms with Gasteiger partial charge in [0.1, 0.15) is 5.01 Å². The third-order valence-electron chi connectivity index (χ3n) is 1.65. The van der Waals surface area contributed by atoms with Gasteiger partial charge in [-0.2, -0.15) is 0 Å². The highest BCUT2D eigenvalue weighted by Gasteiger charge is 2.04. The van der Waals surface area contributed by atoms with Crippen LogP contribution in [-0.4, -0.2) is 11.5 Å². The summed E-state index contributed by atoms with van der Waals surface area (Å²) in [6.45, 7) is 6.57. The average Bonchev–Trinajstić information content (AvgIpc) is 2.43. The molecule has 0 spiro atoms. The molecule has 68 valence electrons. The van der Waals surface area contributed by atoms with Crippen molar-refractivity contribution < 1.29 is 0 Å². The maximum absolute atomic E-state index is 5.49. The molecule has 0 aliphatic rings. The van der Waals surface area contributed by atoms with E-state index in [2.05, 4.69) is 24.1 Å². The number of aryl methyl sites for hydroxylation is 1. The fourth-order valence-corrected chi connectivity index (χ4v) is 1.81. The summed E-state index contributed by atoms with van der Waals surface area (Å²) < 4.78 is 0. The second-order valence-corrected chi connectivity index (χ2v) is 3.88. The summed E-state index contributed by atoms with van der Waals surface area (Å²) in [6, 6.07) is 0. The van der Waals surface area contributed by atoms with Crippen molar-refractivity contribution in [3.63, 3.8) is 0 Å². The first-order valence-corrected chi connectivity index (χ1v) is 4.95. The standard InChI is InChI=1S/C8H15N3S/c1-3-10-5-7-6(2)12-8(4-9)11-7/h10H,3-5,9H2,1-2H3. The van der Waals surface area contributed by atoms with E-state index in [1.54, 1.807) is 11.3 Å². The van der Waals surface area contributed by atoms with E-state index in [-0.39, 0.29) is 0 Å². The quantitative estimate of drug-likeness (QED) is 0.736. The summed E-state index contributed by atoms with van der Waals surface area (Å²) in [5.74, 6) is 0. The van der Waals surface area contributed by atoms with Gasteiger partial charge in [0.05, 0.1) is 5.69 Å². The van der Waals surface area contributed by atoms with E-state index in [4.69, 9.17) is 5.73 Å². The van der Waals surface area contributed by atoms with Gasteiger partial charge >= 0.3 is 0 Å². The van der Waals surface area contributed by atoms with Gasteiger partial charge in [0.25, 0.3) is 0 Å². The molecule has 0 amide bonds. The Bertz CT molecular complexity index is 244. The van der Waals surface area contributed by atoms with Crippen LogP contribution in [0.3, 0.4) is 0 Å². The minimum Gasteiger partial charge on any atom is -0.325 e. The molecule has 1 rings (SSSR count). The molecule has 3 N–H and O–H groups in total. The Morgan fingerprint density at radius 2 is 2.33 bits per heavy atom. The number of thiazole rings is 1. The Balaban J connectivity index is 2.64. The first-order chi connectivity index (χ1) is 5.77. The molecular formula is C8H15N3S. The molecule has 0 unspecified atom stereocenters. The number of hydrogen-bond acceptors (Lipinski definition) is 4. The van der Waals surface area contributed by atoms with Gasteiger partial charge < -0.3 is 11.1 Å². The summed E-state index contributed by atoms with van der Waals surface area (Å²) in [5.41, 5.74) is 6.63. The monoisotopic (exact) mass is 185 g/mol. The molecule has 0 saturated heterocycles. The van der Waals surface area contributed by atoms with Crippen LogP contribution in [0, 0.1) is 6.92 Å². The molecule has 12 heavy (non-hydrogen) atoms. The van der Waals surface area contributed by atoms with Gasteiger partial charge in [0, 0.05) is 18.0 Å². The van der Waals surface area contributed by atoms with Gasteiger partial charge in [-0.05, 0) is 13.5 Å². The van der Waals surface area contributed by atoms with Crippen LogP contribution in [0.15, 0.2) is 0 Å². The van der Waals surface area contributed by atoms with Crippen LogP contribution in [-0.2, 0) is 13.1 Å². The van der Waals surface area contributed by atoms with Crippen LogP contribution < -0.4 is 11.1 Å². The molecule has 0 fully saturated rings. The molecule has 0 atom stereocenters. The lowest BCUT2D eigenvalue weighted by Gasteiger charge is -1.97. The number of rotatable bonds is 4. The Kier molecular flexibility index (Phi) is 3.65. The Morgan fingerprint density at radius 1 is 1.58 bits per heavy atom. The minimum absolute atomic E-state index is 0.553. The van der Waals surface area contributed by atoms with Crippen LogP contribution in [0.4, 0.5) is 0 Å². The van der Waals surface area contributed by atoms with Gasteiger partial charge in [-0.1, -0.05) is 6.92 Å². The lowest BCUT2D eigenvalue weighted by atomic mass is 10.4. The Labute approximate surface area is 77.0 Å². The Hall–Kier alpha value is -0.450. The van der Waals surface area contributed by atoms with E-state index in [0.717, 1.165) is 23.8 Å². The molecule has 4 heteroatoms. The summed E-state index contributed by atoms with van der Waals surface area (Å²) in [7, 11) is 0. The highest BCUT2D eigenvalue weighted by molar-refractivity contribution is 7.11. The average molecular weight is 185 g/mol. The number of nitrogens with one attached hydrogen (secondary N) is 1. The van der Waals surface area contributed by atoms with E-state index in [9.17, 15) is 0 Å². The summed E-state index contributed by atoms with van der Waals surface area (Å²) in [4.78, 5) is 5.67. The smallest absolute Gasteiger partial charge is 0.107 e. The van der Waals surface area contributed by atoms with Crippen LogP contribution in [0.1, 0.15) is 22.5 Å². The van der Waals surface area contributed by atoms with Crippen molar-refractivity contribution in [2.45, 2.75) is 26.9 Å². The topological polar surface area (TPSA) is 50.9 Å². The first-order valence-electron chi connectivity index (χ1n) is 4.14. The molecule has 0 bridgehead atoms.